The lowest BCUT2D eigenvalue weighted by Crippen LogP contribution is -2.37. The van der Waals surface area contributed by atoms with Crippen molar-refractivity contribution >= 4 is 0 Å². The van der Waals surface area contributed by atoms with E-state index in [1.54, 1.807) is 0 Å². The molecule has 82 valence electrons. The summed E-state index contributed by atoms with van der Waals surface area (Å²) in [6.45, 7) is 3.85. The van der Waals surface area contributed by atoms with Crippen LogP contribution in [0, 0.1) is 6.92 Å². The van der Waals surface area contributed by atoms with Crippen molar-refractivity contribution in [3.8, 4) is 0 Å². The average molecular weight is 206 g/mol. The molecule has 1 N–H and O–H groups in total. The van der Waals surface area contributed by atoms with E-state index in [9.17, 15) is 5.11 Å². The van der Waals surface area contributed by atoms with Gasteiger partial charge in [0.2, 0.25) is 0 Å². The molecule has 2 heteroatoms. The molecule has 0 bridgehead atoms. The molecule has 1 saturated heterocycles. The first-order valence-corrected chi connectivity index (χ1v) is 5.53. The van der Waals surface area contributed by atoms with E-state index in [0.29, 0.717) is 0 Å². The summed E-state index contributed by atoms with van der Waals surface area (Å²) in [5.74, 6) is 0. The highest BCUT2D eigenvalue weighted by Gasteiger charge is 2.34. The van der Waals surface area contributed by atoms with Gasteiger partial charge in [-0.15, -0.1) is 0 Å². The highest BCUT2D eigenvalue weighted by Crippen LogP contribution is 2.35. The van der Waals surface area contributed by atoms with E-state index in [4.69, 9.17) is 4.74 Å². The molecule has 0 saturated carbocycles. The van der Waals surface area contributed by atoms with E-state index >= 15 is 0 Å². The smallest absolute Gasteiger partial charge is 0.0529 e. The highest BCUT2D eigenvalue weighted by molar-refractivity contribution is 5.34. The minimum atomic E-state index is -0.0659. The zero-order valence-electron chi connectivity index (χ0n) is 9.20. The molecule has 2 nitrogen and oxygen atoms in total. The molecule has 1 fully saturated rings. The zero-order valence-corrected chi connectivity index (χ0v) is 9.20. The summed E-state index contributed by atoms with van der Waals surface area (Å²) >= 11 is 0. The third-order valence-electron chi connectivity index (χ3n) is 3.47. The van der Waals surface area contributed by atoms with Gasteiger partial charge in [0.05, 0.1) is 6.61 Å². The van der Waals surface area contributed by atoms with Crippen molar-refractivity contribution in [3.63, 3.8) is 0 Å². The lowest BCUT2D eigenvalue weighted by molar-refractivity contribution is 0.0250. The van der Waals surface area contributed by atoms with Gasteiger partial charge in [-0.05, 0) is 30.9 Å². The fraction of sp³-hybridized carbons (Fsp3) is 0.538. The Morgan fingerprint density at radius 3 is 2.53 bits per heavy atom. The maximum absolute atomic E-state index is 9.66. The largest absolute Gasteiger partial charge is 0.395 e. The van der Waals surface area contributed by atoms with Crippen LogP contribution < -0.4 is 0 Å². The number of ether oxygens (including phenoxy) is 1. The molecule has 1 aliphatic heterocycles. The standard InChI is InChI=1S/C13H18O2/c1-11-4-2-3-5-12(11)13(10-14)6-8-15-9-7-13/h2-5,14H,6-10H2,1H3. The van der Waals surface area contributed by atoms with Crippen LogP contribution in [0.4, 0.5) is 0 Å². The Balaban J connectivity index is 2.36. The number of benzene rings is 1. The zero-order chi connectivity index (χ0) is 10.7. The van der Waals surface area contributed by atoms with E-state index in [2.05, 4.69) is 25.1 Å². The quantitative estimate of drug-likeness (QED) is 0.802. The first kappa shape index (κ1) is 10.7. The van der Waals surface area contributed by atoms with Gasteiger partial charge in [0.15, 0.2) is 0 Å². The second-order valence-electron chi connectivity index (χ2n) is 4.37. The van der Waals surface area contributed by atoms with Crippen LogP contribution in [0.2, 0.25) is 0 Å². The molecule has 0 spiro atoms. The van der Waals surface area contributed by atoms with Gasteiger partial charge in [-0.3, -0.25) is 0 Å². The van der Waals surface area contributed by atoms with E-state index in [-0.39, 0.29) is 12.0 Å². The van der Waals surface area contributed by atoms with Crippen LogP contribution >= 0.6 is 0 Å². The van der Waals surface area contributed by atoms with Crippen LogP contribution in [-0.4, -0.2) is 24.9 Å². The predicted octanol–water partition coefficient (Wildman–Crippen LogP) is 2.04. The summed E-state index contributed by atoms with van der Waals surface area (Å²) in [6.07, 6.45) is 1.85. The molecule has 1 aliphatic rings. The van der Waals surface area contributed by atoms with Gasteiger partial charge >= 0.3 is 0 Å². The predicted molar refractivity (Wildman–Crippen MR) is 60.0 cm³/mol. The van der Waals surface area contributed by atoms with Crippen LogP contribution in [-0.2, 0) is 10.2 Å². The van der Waals surface area contributed by atoms with Gasteiger partial charge in [-0.25, -0.2) is 0 Å². The molecule has 1 heterocycles. The molecular weight excluding hydrogens is 188 g/mol. The van der Waals surface area contributed by atoms with Gasteiger partial charge in [0, 0.05) is 18.6 Å². The summed E-state index contributed by atoms with van der Waals surface area (Å²) in [6, 6.07) is 8.34. The average Bonchev–Trinajstić information content (AvgIpc) is 2.30. The van der Waals surface area contributed by atoms with Crippen LogP contribution in [0.3, 0.4) is 0 Å². The SMILES string of the molecule is Cc1ccccc1C1(CO)CCOCC1. The second kappa shape index (κ2) is 4.33. The monoisotopic (exact) mass is 206 g/mol. The summed E-state index contributed by atoms with van der Waals surface area (Å²) in [7, 11) is 0. The van der Waals surface area contributed by atoms with Crippen LogP contribution in [0.15, 0.2) is 24.3 Å². The van der Waals surface area contributed by atoms with Crippen LogP contribution in [0.5, 0.6) is 0 Å². The Hall–Kier alpha value is -0.860. The molecular formula is C13H18O2. The number of hydrogen-bond acceptors (Lipinski definition) is 2. The van der Waals surface area contributed by atoms with Crippen molar-refractivity contribution in [2.45, 2.75) is 25.2 Å². The topological polar surface area (TPSA) is 29.5 Å². The van der Waals surface area contributed by atoms with Gasteiger partial charge in [-0.1, -0.05) is 24.3 Å². The van der Waals surface area contributed by atoms with Crippen LogP contribution in [0.1, 0.15) is 24.0 Å². The molecule has 0 aliphatic carbocycles. The number of aryl methyl sites for hydroxylation is 1. The number of rotatable bonds is 2. The molecule has 1 aromatic rings. The van der Waals surface area contributed by atoms with Crippen molar-refractivity contribution in [3.05, 3.63) is 35.4 Å². The Kier molecular flexibility index (Phi) is 3.08. The van der Waals surface area contributed by atoms with Crippen molar-refractivity contribution in [1.29, 1.82) is 0 Å². The lowest BCUT2D eigenvalue weighted by atomic mass is 9.73. The molecule has 2 rings (SSSR count). The van der Waals surface area contributed by atoms with Crippen molar-refractivity contribution in [2.24, 2.45) is 0 Å². The number of aliphatic hydroxyl groups excluding tert-OH is 1. The van der Waals surface area contributed by atoms with Gasteiger partial charge in [-0.2, -0.15) is 0 Å². The van der Waals surface area contributed by atoms with Gasteiger partial charge in [0.25, 0.3) is 0 Å². The molecule has 1 aromatic carbocycles. The van der Waals surface area contributed by atoms with Crippen molar-refractivity contribution in [2.75, 3.05) is 19.8 Å². The molecule has 15 heavy (non-hydrogen) atoms. The molecule has 0 amide bonds. The van der Waals surface area contributed by atoms with E-state index < -0.39 is 0 Å². The summed E-state index contributed by atoms with van der Waals surface area (Å²) in [5.41, 5.74) is 2.49. The summed E-state index contributed by atoms with van der Waals surface area (Å²) < 4.78 is 5.38. The number of aliphatic hydroxyl groups is 1. The first-order chi connectivity index (χ1) is 7.28. The molecule has 0 unspecified atom stereocenters. The number of hydrogen-bond donors (Lipinski definition) is 1. The summed E-state index contributed by atoms with van der Waals surface area (Å²) in [5, 5.41) is 9.66. The molecule has 0 atom stereocenters. The Morgan fingerprint density at radius 1 is 1.27 bits per heavy atom. The first-order valence-electron chi connectivity index (χ1n) is 5.53. The third kappa shape index (κ3) is 1.92. The van der Waals surface area contributed by atoms with Crippen molar-refractivity contribution in [1.82, 2.24) is 0 Å². The third-order valence-corrected chi connectivity index (χ3v) is 3.47. The fourth-order valence-electron chi connectivity index (χ4n) is 2.44. The fourth-order valence-corrected chi connectivity index (χ4v) is 2.44. The Bertz CT molecular complexity index is 327. The molecule has 0 radical (unpaired) electrons. The maximum Gasteiger partial charge on any atom is 0.0529 e. The van der Waals surface area contributed by atoms with E-state index in [1.807, 2.05) is 6.07 Å². The van der Waals surface area contributed by atoms with E-state index in [0.717, 1.165) is 26.1 Å². The highest BCUT2D eigenvalue weighted by atomic mass is 16.5. The van der Waals surface area contributed by atoms with E-state index in [1.165, 1.54) is 11.1 Å². The second-order valence-corrected chi connectivity index (χ2v) is 4.37. The lowest BCUT2D eigenvalue weighted by Gasteiger charge is -2.37. The Morgan fingerprint density at radius 2 is 1.93 bits per heavy atom. The van der Waals surface area contributed by atoms with Crippen LogP contribution in [0.25, 0.3) is 0 Å². The summed E-state index contributed by atoms with van der Waals surface area (Å²) in [4.78, 5) is 0. The minimum Gasteiger partial charge on any atom is -0.395 e. The van der Waals surface area contributed by atoms with Gasteiger partial charge in [0.1, 0.15) is 0 Å². The maximum atomic E-state index is 9.66. The molecule has 0 aromatic heterocycles. The minimum absolute atomic E-state index is 0.0659. The normalized spacial score (nSPS) is 20.1. The Labute approximate surface area is 90.9 Å². The van der Waals surface area contributed by atoms with Crippen molar-refractivity contribution < 1.29 is 9.84 Å². The van der Waals surface area contributed by atoms with Gasteiger partial charge < -0.3 is 9.84 Å².